The molecule has 0 aromatic heterocycles. The van der Waals surface area contributed by atoms with Crippen LogP contribution in [0.1, 0.15) is 48.6 Å². The van der Waals surface area contributed by atoms with E-state index in [-0.39, 0.29) is 5.41 Å². The third-order valence-electron chi connectivity index (χ3n) is 4.50. The van der Waals surface area contributed by atoms with E-state index in [1.165, 1.54) is 11.1 Å². The second-order valence-corrected chi connectivity index (χ2v) is 7.80. The second-order valence-electron chi connectivity index (χ2n) is 7.80. The van der Waals surface area contributed by atoms with Crippen molar-refractivity contribution in [1.82, 2.24) is 0 Å². The molecule has 134 valence electrons. The first-order chi connectivity index (χ1) is 11.6. The van der Waals surface area contributed by atoms with Gasteiger partial charge >= 0.3 is 5.97 Å². The van der Waals surface area contributed by atoms with Crippen molar-refractivity contribution < 1.29 is 14.6 Å². The Morgan fingerprint density at radius 2 is 1.56 bits per heavy atom. The van der Waals surface area contributed by atoms with Crippen LogP contribution in [0, 0.1) is 20.8 Å². The van der Waals surface area contributed by atoms with Gasteiger partial charge < -0.3 is 9.84 Å². The van der Waals surface area contributed by atoms with Gasteiger partial charge in [-0.25, -0.2) is 4.79 Å². The molecule has 2 rings (SSSR count). The van der Waals surface area contributed by atoms with Gasteiger partial charge in [0.2, 0.25) is 0 Å². The Labute approximate surface area is 150 Å². The summed E-state index contributed by atoms with van der Waals surface area (Å²) in [6, 6.07) is 11.9. The number of benzene rings is 2. The first kappa shape index (κ1) is 19.0. The number of carboxylic acid groups (broad SMARTS) is 1. The molecule has 0 heterocycles. The van der Waals surface area contributed by atoms with E-state index in [4.69, 9.17) is 4.74 Å². The Balaban J connectivity index is 2.21. The Morgan fingerprint density at radius 1 is 1.04 bits per heavy atom. The van der Waals surface area contributed by atoms with E-state index in [2.05, 4.69) is 32.9 Å². The fourth-order valence-corrected chi connectivity index (χ4v) is 3.09. The van der Waals surface area contributed by atoms with Crippen LogP contribution in [0.5, 0.6) is 5.75 Å². The lowest BCUT2D eigenvalue weighted by molar-refractivity contribution is -0.145. The number of aryl methyl sites for hydroxylation is 3. The van der Waals surface area contributed by atoms with Gasteiger partial charge in [0.05, 0.1) is 0 Å². The number of ether oxygens (including phenoxy) is 1. The number of aliphatic carboxylic acids is 1. The molecular formula is C22H28O3. The lowest BCUT2D eigenvalue weighted by Gasteiger charge is -2.21. The summed E-state index contributed by atoms with van der Waals surface area (Å²) in [7, 11) is 0. The molecule has 25 heavy (non-hydrogen) atoms. The van der Waals surface area contributed by atoms with Gasteiger partial charge in [-0.3, -0.25) is 0 Å². The maximum atomic E-state index is 11.7. The Morgan fingerprint density at radius 3 is 2.00 bits per heavy atom. The molecule has 0 amide bonds. The van der Waals surface area contributed by atoms with E-state index in [1.807, 2.05) is 45.0 Å². The molecule has 0 saturated carbocycles. The Hall–Kier alpha value is -2.29. The number of carboxylic acids is 1. The first-order valence-corrected chi connectivity index (χ1v) is 8.64. The molecule has 0 radical (unpaired) electrons. The van der Waals surface area contributed by atoms with Gasteiger partial charge in [0.15, 0.2) is 6.10 Å². The van der Waals surface area contributed by atoms with Gasteiger partial charge in [0.25, 0.3) is 0 Å². The number of hydrogen-bond donors (Lipinski definition) is 1. The van der Waals surface area contributed by atoms with Crippen LogP contribution >= 0.6 is 0 Å². The summed E-state index contributed by atoms with van der Waals surface area (Å²) in [6.45, 7) is 12.5. The van der Waals surface area contributed by atoms with Crippen LogP contribution in [0.2, 0.25) is 0 Å². The van der Waals surface area contributed by atoms with E-state index in [0.29, 0.717) is 12.2 Å². The first-order valence-electron chi connectivity index (χ1n) is 8.64. The molecule has 1 atom stereocenters. The highest BCUT2D eigenvalue weighted by molar-refractivity contribution is 5.73. The minimum Gasteiger partial charge on any atom is -0.478 e. The molecule has 0 fully saturated rings. The van der Waals surface area contributed by atoms with Crippen molar-refractivity contribution in [2.75, 3.05) is 0 Å². The minimum atomic E-state index is -0.945. The van der Waals surface area contributed by atoms with Gasteiger partial charge in [0, 0.05) is 6.42 Å². The quantitative estimate of drug-likeness (QED) is 0.834. The van der Waals surface area contributed by atoms with Crippen LogP contribution in [-0.4, -0.2) is 17.2 Å². The molecule has 3 nitrogen and oxygen atoms in total. The molecule has 0 saturated heterocycles. The fourth-order valence-electron chi connectivity index (χ4n) is 3.09. The third kappa shape index (κ3) is 4.85. The SMILES string of the molecule is Cc1cc(C)c(CC(Oc2ccc(C(C)(C)C)cc2)C(=O)O)c(C)c1. The normalized spacial score (nSPS) is 12.7. The molecule has 1 N–H and O–H groups in total. The highest BCUT2D eigenvalue weighted by Crippen LogP contribution is 2.26. The van der Waals surface area contributed by atoms with Crippen molar-refractivity contribution in [2.24, 2.45) is 0 Å². The summed E-state index contributed by atoms with van der Waals surface area (Å²) in [4.78, 5) is 11.7. The maximum Gasteiger partial charge on any atom is 0.345 e. The van der Waals surface area contributed by atoms with Crippen molar-refractivity contribution in [3.63, 3.8) is 0 Å². The van der Waals surface area contributed by atoms with Crippen LogP contribution < -0.4 is 4.74 Å². The molecule has 3 heteroatoms. The third-order valence-corrected chi connectivity index (χ3v) is 4.50. The molecule has 2 aromatic carbocycles. The zero-order valence-electron chi connectivity index (χ0n) is 16.0. The van der Waals surface area contributed by atoms with Crippen LogP contribution in [0.25, 0.3) is 0 Å². The van der Waals surface area contributed by atoms with Crippen LogP contribution in [0.3, 0.4) is 0 Å². The summed E-state index contributed by atoms with van der Waals surface area (Å²) in [5.41, 5.74) is 5.69. The second kappa shape index (κ2) is 7.30. The maximum absolute atomic E-state index is 11.7. The molecule has 0 aliphatic heterocycles. The minimum absolute atomic E-state index is 0.0564. The topological polar surface area (TPSA) is 46.5 Å². The molecule has 0 bridgehead atoms. The Bertz CT molecular complexity index is 729. The highest BCUT2D eigenvalue weighted by Gasteiger charge is 2.22. The summed E-state index contributed by atoms with van der Waals surface area (Å²) in [5.74, 6) is -0.359. The van der Waals surface area contributed by atoms with Crippen molar-refractivity contribution in [3.05, 3.63) is 64.2 Å². The lowest BCUT2D eigenvalue weighted by Crippen LogP contribution is -2.30. The van der Waals surface area contributed by atoms with Crippen molar-refractivity contribution >= 4 is 5.97 Å². The van der Waals surface area contributed by atoms with Crippen LogP contribution in [0.4, 0.5) is 0 Å². The van der Waals surface area contributed by atoms with E-state index >= 15 is 0 Å². The number of rotatable bonds is 5. The standard InChI is InChI=1S/C22H28O3/c1-14-11-15(2)19(16(3)12-14)13-20(21(23)24)25-18-9-7-17(8-10-18)22(4,5)6/h7-12,20H,13H2,1-6H3,(H,23,24). The van der Waals surface area contributed by atoms with Crippen molar-refractivity contribution in [1.29, 1.82) is 0 Å². The molecule has 0 aliphatic rings. The average molecular weight is 340 g/mol. The summed E-state index contributed by atoms with van der Waals surface area (Å²) in [5, 5.41) is 9.59. The van der Waals surface area contributed by atoms with E-state index in [0.717, 1.165) is 16.7 Å². The average Bonchev–Trinajstić information content (AvgIpc) is 2.48. The van der Waals surface area contributed by atoms with Gasteiger partial charge in [-0.05, 0) is 60.6 Å². The summed E-state index contributed by atoms with van der Waals surface area (Å²) < 4.78 is 5.79. The van der Waals surface area contributed by atoms with E-state index < -0.39 is 12.1 Å². The monoisotopic (exact) mass is 340 g/mol. The van der Waals surface area contributed by atoms with Gasteiger partial charge in [0.1, 0.15) is 5.75 Å². The molecule has 0 spiro atoms. The smallest absolute Gasteiger partial charge is 0.345 e. The largest absolute Gasteiger partial charge is 0.478 e. The van der Waals surface area contributed by atoms with Crippen LogP contribution in [0.15, 0.2) is 36.4 Å². The fraction of sp³-hybridized carbons (Fsp3) is 0.409. The zero-order valence-corrected chi connectivity index (χ0v) is 16.0. The molecular weight excluding hydrogens is 312 g/mol. The molecule has 0 aliphatic carbocycles. The molecule has 1 unspecified atom stereocenters. The van der Waals surface area contributed by atoms with Gasteiger partial charge in [-0.1, -0.05) is 50.6 Å². The van der Waals surface area contributed by atoms with Crippen molar-refractivity contribution in [3.8, 4) is 5.75 Å². The number of hydrogen-bond acceptors (Lipinski definition) is 2. The summed E-state index contributed by atoms with van der Waals surface area (Å²) >= 11 is 0. The van der Waals surface area contributed by atoms with Crippen LogP contribution in [-0.2, 0) is 16.6 Å². The van der Waals surface area contributed by atoms with Gasteiger partial charge in [-0.2, -0.15) is 0 Å². The highest BCUT2D eigenvalue weighted by atomic mass is 16.5. The van der Waals surface area contributed by atoms with Gasteiger partial charge in [-0.15, -0.1) is 0 Å². The zero-order chi connectivity index (χ0) is 18.8. The Kier molecular flexibility index (Phi) is 5.56. The van der Waals surface area contributed by atoms with E-state index in [9.17, 15) is 9.90 Å². The summed E-state index contributed by atoms with van der Waals surface area (Å²) in [6.07, 6.45) is -0.547. The van der Waals surface area contributed by atoms with E-state index in [1.54, 1.807) is 0 Å². The molecule has 2 aromatic rings. The van der Waals surface area contributed by atoms with Crippen molar-refractivity contribution in [2.45, 2.75) is 59.5 Å². The number of carbonyl (C=O) groups is 1. The predicted octanol–water partition coefficient (Wildman–Crippen LogP) is 4.98. The lowest BCUT2D eigenvalue weighted by atomic mass is 9.87. The predicted molar refractivity (Wildman–Crippen MR) is 102 cm³/mol.